The van der Waals surface area contributed by atoms with Gasteiger partial charge in [0.1, 0.15) is 0 Å². The number of hydrogen-bond donors (Lipinski definition) is 4. The van der Waals surface area contributed by atoms with Gasteiger partial charge in [-0.15, -0.1) is 0 Å². The van der Waals surface area contributed by atoms with E-state index in [1.807, 2.05) is 0 Å². The van der Waals surface area contributed by atoms with Crippen LogP contribution >= 0.6 is 0 Å². The van der Waals surface area contributed by atoms with Crippen LogP contribution in [0.4, 0.5) is 16.4 Å². The molecule has 1 aromatic heterocycles. The second-order valence-corrected chi connectivity index (χ2v) is 2.56. The number of carbonyl (C=O) groups is 1. The van der Waals surface area contributed by atoms with E-state index in [9.17, 15) is 4.79 Å². The zero-order chi connectivity index (χ0) is 10.4. The van der Waals surface area contributed by atoms with Crippen LogP contribution in [-0.2, 0) is 0 Å². The molecule has 6 N–H and O–H groups in total. The van der Waals surface area contributed by atoms with Gasteiger partial charge in [-0.1, -0.05) is 0 Å². The van der Waals surface area contributed by atoms with Crippen molar-refractivity contribution >= 4 is 17.7 Å². The molecule has 7 nitrogen and oxygen atoms in total. The predicted octanol–water partition coefficient (Wildman–Crippen LogP) is -0.861. The van der Waals surface area contributed by atoms with Gasteiger partial charge in [0.25, 0.3) is 0 Å². The number of nitrogen functional groups attached to an aromatic ring is 1. The van der Waals surface area contributed by atoms with Crippen LogP contribution in [-0.4, -0.2) is 29.1 Å². The van der Waals surface area contributed by atoms with Crippen LogP contribution in [0.15, 0.2) is 12.4 Å². The van der Waals surface area contributed by atoms with Gasteiger partial charge in [-0.25, -0.2) is 14.8 Å². The average molecular weight is 196 g/mol. The highest BCUT2D eigenvalue weighted by atomic mass is 16.2. The monoisotopic (exact) mass is 196 g/mol. The Morgan fingerprint density at radius 2 is 2.00 bits per heavy atom. The topological polar surface area (TPSA) is 119 Å². The highest BCUT2D eigenvalue weighted by Gasteiger charge is 1.94. The molecule has 0 unspecified atom stereocenters. The van der Waals surface area contributed by atoms with Gasteiger partial charge in [-0.05, 0) is 0 Å². The van der Waals surface area contributed by atoms with Gasteiger partial charge in [0.05, 0.1) is 18.1 Å². The van der Waals surface area contributed by atoms with Crippen molar-refractivity contribution in [2.45, 2.75) is 0 Å². The van der Waals surface area contributed by atoms with Crippen molar-refractivity contribution in [3.63, 3.8) is 0 Å². The molecule has 0 aliphatic heterocycles. The number of rotatable bonds is 4. The molecular formula is C7H12N6O. The molecule has 0 aliphatic carbocycles. The Bertz CT molecular complexity index is 298. The fraction of sp³-hybridized carbons (Fsp3) is 0.286. The van der Waals surface area contributed by atoms with Crippen molar-refractivity contribution in [2.24, 2.45) is 5.73 Å². The highest BCUT2D eigenvalue weighted by Crippen LogP contribution is 1.99. The molecule has 0 fully saturated rings. The van der Waals surface area contributed by atoms with Gasteiger partial charge in [0, 0.05) is 13.1 Å². The minimum atomic E-state index is -0.551. The maximum absolute atomic E-state index is 10.3. The fourth-order valence-electron chi connectivity index (χ4n) is 0.789. The molecule has 7 heteroatoms. The van der Waals surface area contributed by atoms with Gasteiger partial charge in [-0.2, -0.15) is 0 Å². The lowest BCUT2D eigenvalue weighted by Gasteiger charge is -2.04. The number of primary amides is 1. The zero-order valence-electron chi connectivity index (χ0n) is 7.53. The predicted molar refractivity (Wildman–Crippen MR) is 52.5 cm³/mol. The van der Waals surface area contributed by atoms with Crippen molar-refractivity contribution < 1.29 is 4.79 Å². The number of amides is 2. The van der Waals surface area contributed by atoms with Crippen LogP contribution in [0.2, 0.25) is 0 Å². The van der Waals surface area contributed by atoms with Gasteiger partial charge in [-0.3, -0.25) is 0 Å². The molecule has 14 heavy (non-hydrogen) atoms. The summed E-state index contributed by atoms with van der Waals surface area (Å²) in [4.78, 5) is 18.1. The Balaban J connectivity index is 2.25. The molecule has 1 rings (SSSR count). The van der Waals surface area contributed by atoms with Crippen LogP contribution in [0.1, 0.15) is 0 Å². The number of nitrogens with one attached hydrogen (secondary N) is 2. The third kappa shape index (κ3) is 3.57. The van der Waals surface area contributed by atoms with E-state index in [0.29, 0.717) is 24.7 Å². The number of urea groups is 1. The number of carbonyl (C=O) groups excluding carboxylic acids is 1. The highest BCUT2D eigenvalue weighted by molar-refractivity contribution is 5.71. The summed E-state index contributed by atoms with van der Waals surface area (Å²) in [6.45, 7) is 0.927. The second kappa shape index (κ2) is 4.85. The maximum atomic E-state index is 10.3. The van der Waals surface area contributed by atoms with Crippen LogP contribution in [0.3, 0.4) is 0 Å². The number of nitrogens with two attached hydrogens (primary N) is 2. The van der Waals surface area contributed by atoms with Gasteiger partial charge in [0.15, 0.2) is 0 Å². The van der Waals surface area contributed by atoms with E-state index >= 15 is 0 Å². The largest absolute Gasteiger partial charge is 0.396 e. The van der Waals surface area contributed by atoms with E-state index < -0.39 is 6.03 Å². The van der Waals surface area contributed by atoms with Gasteiger partial charge in [0.2, 0.25) is 5.95 Å². The SMILES string of the molecule is NC(=O)NCCNc1ncc(N)cn1. The lowest BCUT2D eigenvalue weighted by Crippen LogP contribution is -2.33. The molecule has 1 aromatic rings. The lowest BCUT2D eigenvalue weighted by molar-refractivity contribution is 0.249. The van der Waals surface area contributed by atoms with E-state index in [0.717, 1.165) is 0 Å². The molecule has 0 atom stereocenters. The van der Waals surface area contributed by atoms with Crippen LogP contribution < -0.4 is 22.1 Å². The summed E-state index contributed by atoms with van der Waals surface area (Å²) in [6.07, 6.45) is 2.99. The van der Waals surface area contributed by atoms with Crippen LogP contribution in [0.5, 0.6) is 0 Å². The van der Waals surface area contributed by atoms with E-state index in [-0.39, 0.29) is 0 Å². The smallest absolute Gasteiger partial charge is 0.312 e. The molecule has 2 amide bonds. The van der Waals surface area contributed by atoms with E-state index in [4.69, 9.17) is 11.5 Å². The molecule has 0 radical (unpaired) electrons. The van der Waals surface area contributed by atoms with E-state index in [2.05, 4.69) is 20.6 Å². The summed E-state index contributed by atoms with van der Waals surface area (Å²) in [7, 11) is 0. The second-order valence-electron chi connectivity index (χ2n) is 2.56. The fourth-order valence-corrected chi connectivity index (χ4v) is 0.789. The first kappa shape index (κ1) is 10.0. The standard InChI is InChI=1S/C7H12N6O/c8-5-3-12-7(13-4-5)11-2-1-10-6(9)14/h3-4H,1-2,8H2,(H3,9,10,14)(H,11,12,13). The first-order chi connectivity index (χ1) is 6.68. The Kier molecular flexibility index (Phi) is 3.48. The van der Waals surface area contributed by atoms with Crippen molar-refractivity contribution in [1.29, 1.82) is 0 Å². The average Bonchev–Trinajstić information content (AvgIpc) is 2.15. The Hall–Kier alpha value is -2.05. The number of nitrogens with zero attached hydrogens (tertiary/aromatic N) is 2. The molecule has 0 spiro atoms. The van der Waals surface area contributed by atoms with Gasteiger partial charge < -0.3 is 22.1 Å². The van der Waals surface area contributed by atoms with Crippen molar-refractivity contribution in [1.82, 2.24) is 15.3 Å². The summed E-state index contributed by atoms with van der Waals surface area (Å²) in [5.41, 5.74) is 10.8. The van der Waals surface area contributed by atoms with Crippen LogP contribution in [0.25, 0.3) is 0 Å². The summed E-state index contributed by atoms with van der Waals surface area (Å²) >= 11 is 0. The first-order valence-electron chi connectivity index (χ1n) is 4.03. The third-order valence-electron chi connectivity index (χ3n) is 1.38. The summed E-state index contributed by atoms with van der Waals surface area (Å²) in [5, 5.41) is 5.30. The normalized spacial score (nSPS) is 9.43. The summed E-state index contributed by atoms with van der Waals surface area (Å²) in [6, 6.07) is -0.551. The minimum Gasteiger partial charge on any atom is -0.396 e. The van der Waals surface area contributed by atoms with Crippen molar-refractivity contribution in [2.75, 3.05) is 24.1 Å². The van der Waals surface area contributed by atoms with Crippen LogP contribution in [0, 0.1) is 0 Å². The summed E-state index contributed by atoms with van der Waals surface area (Å²) in [5.74, 6) is 0.463. The Morgan fingerprint density at radius 3 is 2.57 bits per heavy atom. The summed E-state index contributed by atoms with van der Waals surface area (Å²) < 4.78 is 0. The Labute approximate surface area is 80.9 Å². The molecule has 0 aromatic carbocycles. The molecule has 0 saturated carbocycles. The lowest BCUT2D eigenvalue weighted by atomic mass is 10.5. The molecule has 0 saturated heterocycles. The van der Waals surface area contributed by atoms with Crippen molar-refractivity contribution in [3.8, 4) is 0 Å². The quantitative estimate of drug-likeness (QED) is 0.467. The number of hydrogen-bond acceptors (Lipinski definition) is 5. The Morgan fingerprint density at radius 1 is 1.36 bits per heavy atom. The molecule has 76 valence electrons. The molecule has 0 aliphatic rings. The zero-order valence-corrected chi connectivity index (χ0v) is 7.53. The van der Waals surface area contributed by atoms with Gasteiger partial charge >= 0.3 is 6.03 Å². The third-order valence-corrected chi connectivity index (χ3v) is 1.38. The minimum absolute atomic E-state index is 0.420. The van der Waals surface area contributed by atoms with E-state index in [1.54, 1.807) is 0 Å². The van der Waals surface area contributed by atoms with Crippen molar-refractivity contribution in [3.05, 3.63) is 12.4 Å². The molecule has 1 heterocycles. The number of aromatic nitrogens is 2. The van der Waals surface area contributed by atoms with E-state index in [1.165, 1.54) is 12.4 Å². The molecular weight excluding hydrogens is 184 g/mol. The number of anilines is 2. The first-order valence-corrected chi connectivity index (χ1v) is 4.03. The molecule has 0 bridgehead atoms. The maximum Gasteiger partial charge on any atom is 0.312 e.